The van der Waals surface area contributed by atoms with Crippen LogP contribution in [0, 0.1) is 0 Å². The molecule has 27 heavy (non-hydrogen) atoms. The number of nitrogens with one attached hydrogen (secondary N) is 1. The van der Waals surface area contributed by atoms with Gasteiger partial charge in [0, 0.05) is 9.90 Å². The van der Waals surface area contributed by atoms with Crippen LogP contribution >= 0.6 is 22.9 Å². The van der Waals surface area contributed by atoms with Gasteiger partial charge in [-0.25, -0.2) is 0 Å². The SMILES string of the molecule is CC(=O)c1cc(Cl)ccc1OCC(=O)N[C@@H](c1ccccc1)c1cccs1. The molecule has 1 atom stereocenters. The van der Waals surface area contributed by atoms with Crippen molar-refractivity contribution in [1.29, 1.82) is 0 Å². The number of carbonyl (C=O) groups is 2. The van der Waals surface area contributed by atoms with Gasteiger partial charge >= 0.3 is 0 Å². The number of thiophene rings is 1. The summed E-state index contributed by atoms with van der Waals surface area (Å²) in [7, 11) is 0. The predicted octanol–water partition coefficient (Wildman–Crippen LogP) is 4.89. The van der Waals surface area contributed by atoms with E-state index in [1.807, 2.05) is 47.8 Å². The maximum absolute atomic E-state index is 12.5. The fourth-order valence-electron chi connectivity index (χ4n) is 2.67. The molecule has 1 heterocycles. The van der Waals surface area contributed by atoms with E-state index in [4.69, 9.17) is 16.3 Å². The number of amides is 1. The van der Waals surface area contributed by atoms with E-state index in [1.54, 1.807) is 23.5 Å². The third-order valence-electron chi connectivity index (χ3n) is 3.95. The normalized spacial score (nSPS) is 11.6. The molecule has 0 saturated heterocycles. The van der Waals surface area contributed by atoms with Crippen molar-refractivity contribution in [3.05, 3.63) is 87.1 Å². The van der Waals surface area contributed by atoms with Crippen molar-refractivity contribution in [3.8, 4) is 5.75 Å². The molecule has 2 aromatic carbocycles. The van der Waals surface area contributed by atoms with Crippen LogP contribution in [0.1, 0.15) is 33.8 Å². The summed E-state index contributed by atoms with van der Waals surface area (Å²) in [4.78, 5) is 25.3. The molecule has 138 valence electrons. The van der Waals surface area contributed by atoms with Crippen molar-refractivity contribution in [2.24, 2.45) is 0 Å². The Bertz CT molecular complexity index is 926. The number of hydrogen-bond donors (Lipinski definition) is 1. The molecule has 0 aliphatic rings. The lowest BCUT2D eigenvalue weighted by atomic mass is 10.1. The van der Waals surface area contributed by atoms with Gasteiger partial charge in [-0.2, -0.15) is 0 Å². The molecule has 3 aromatic rings. The molecule has 1 aromatic heterocycles. The molecule has 6 heteroatoms. The molecular formula is C21H18ClNO3S. The van der Waals surface area contributed by atoms with E-state index in [0.717, 1.165) is 10.4 Å². The van der Waals surface area contributed by atoms with Crippen LogP contribution in [0.3, 0.4) is 0 Å². The van der Waals surface area contributed by atoms with Crippen LogP contribution in [0.5, 0.6) is 5.75 Å². The molecule has 1 amide bonds. The largest absolute Gasteiger partial charge is 0.483 e. The van der Waals surface area contributed by atoms with Crippen molar-refractivity contribution in [1.82, 2.24) is 5.32 Å². The van der Waals surface area contributed by atoms with Crippen LogP contribution in [0.4, 0.5) is 0 Å². The van der Waals surface area contributed by atoms with Gasteiger partial charge in [-0.3, -0.25) is 9.59 Å². The number of hydrogen-bond acceptors (Lipinski definition) is 4. The second kappa shape index (κ2) is 8.84. The van der Waals surface area contributed by atoms with Crippen LogP contribution < -0.4 is 10.1 Å². The van der Waals surface area contributed by atoms with E-state index >= 15 is 0 Å². The highest BCUT2D eigenvalue weighted by molar-refractivity contribution is 7.10. The maximum atomic E-state index is 12.5. The number of benzene rings is 2. The Labute approximate surface area is 166 Å². The highest BCUT2D eigenvalue weighted by atomic mass is 35.5. The van der Waals surface area contributed by atoms with Gasteiger partial charge in [0.15, 0.2) is 12.4 Å². The molecule has 0 spiro atoms. The molecule has 4 nitrogen and oxygen atoms in total. The third-order valence-corrected chi connectivity index (χ3v) is 5.12. The van der Waals surface area contributed by atoms with E-state index in [1.165, 1.54) is 13.0 Å². The van der Waals surface area contributed by atoms with Crippen LogP contribution in [-0.2, 0) is 4.79 Å². The molecule has 0 aliphatic carbocycles. The van der Waals surface area contributed by atoms with Crippen molar-refractivity contribution in [3.63, 3.8) is 0 Å². The second-order valence-electron chi connectivity index (χ2n) is 5.91. The molecular weight excluding hydrogens is 382 g/mol. The zero-order valence-corrected chi connectivity index (χ0v) is 16.2. The molecule has 0 radical (unpaired) electrons. The average molecular weight is 400 g/mol. The molecule has 0 bridgehead atoms. The number of ketones is 1. The highest BCUT2D eigenvalue weighted by Crippen LogP contribution is 2.26. The Morgan fingerprint density at radius 2 is 1.89 bits per heavy atom. The van der Waals surface area contributed by atoms with E-state index in [0.29, 0.717) is 16.3 Å². The van der Waals surface area contributed by atoms with E-state index in [9.17, 15) is 9.59 Å². The third kappa shape index (κ3) is 4.96. The van der Waals surface area contributed by atoms with Gasteiger partial charge in [-0.1, -0.05) is 48.0 Å². The van der Waals surface area contributed by atoms with Crippen molar-refractivity contribution < 1.29 is 14.3 Å². The topological polar surface area (TPSA) is 55.4 Å². The summed E-state index contributed by atoms with van der Waals surface area (Å²) < 4.78 is 5.58. The minimum atomic E-state index is -0.276. The molecule has 0 aliphatic heterocycles. The molecule has 0 fully saturated rings. The highest BCUT2D eigenvalue weighted by Gasteiger charge is 2.18. The van der Waals surface area contributed by atoms with Gasteiger partial charge in [0.25, 0.3) is 5.91 Å². The predicted molar refractivity (Wildman–Crippen MR) is 108 cm³/mol. The lowest BCUT2D eigenvalue weighted by molar-refractivity contribution is -0.123. The summed E-state index contributed by atoms with van der Waals surface area (Å²) in [5.74, 6) is -0.107. The van der Waals surface area contributed by atoms with Gasteiger partial charge in [-0.05, 0) is 42.1 Å². The summed E-state index contributed by atoms with van der Waals surface area (Å²) in [5, 5.41) is 5.42. The van der Waals surface area contributed by atoms with E-state index < -0.39 is 0 Å². The van der Waals surface area contributed by atoms with Gasteiger partial charge in [0.05, 0.1) is 11.6 Å². The van der Waals surface area contributed by atoms with Gasteiger partial charge in [-0.15, -0.1) is 11.3 Å². The first-order valence-electron chi connectivity index (χ1n) is 8.35. The number of rotatable bonds is 7. The zero-order valence-electron chi connectivity index (χ0n) is 14.6. The van der Waals surface area contributed by atoms with Crippen molar-refractivity contribution in [2.45, 2.75) is 13.0 Å². The summed E-state index contributed by atoms with van der Waals surface area (Å²) in [6, 6.07) is 18.2. The monoisotopic (exact) mass is 399 g/mol. The zero-order chi connectivity index (χ0) is 19.2. The number of ether oxygens (including phenoxy) is 1. The summed E-state index contributed by atoms with van der Waals surface area (Å²) >= 11 is 7.51. The Morgan fingerprint density at radius 3 is 2.56 bits per heavy atom. The molecule has 1 N–H and O–H groups in total. The minimum absolute atomic E-state index is 0.173. The van der Waals surface area contributed by atoms with Crippen molar-refractivity contribution in [2.75, 3.05) is 6.61 Å². The van der Waals surface area contributed by atoms with Crippen LogP contribution in [-0.4, -0.2) is 18.3 Å². The Hall–Kier alpha value is -2.63. The van der Waals surface area contributed by atoms with Crippen LogP contribution in [0.2, 0.25) is 5.02 Å². The number of halogens is 1. The average Bonchev–Trinajstić information content (AvgIpc) is 3.20. The molecule has 0 unspecified atom stereocenters. The number of carbonyl (C=O) groups excluding carboxylic acids is 2. The Balaban J connectivity index is 1.72. The maximum Gasteiger partial charge on any atom is 0.258 e. The fourth-order valence-corrected chi connectivity index (χ4v) is 3.64. The van der Waals surface area contributed by atoms with Crippen molar-refractivity contribution >= 4 is 34.6 Å². The van der Waals surface area contributed by atoms with Crippen LogP contribution in [0.15, 0.2) is 66.0 Å². The Morgan fingerprint density at radius 1 is 1.11 bits per heavy atom. The van der Waals surface area contributed by atoms with E-state index in [2.05, 4.69) is 5.32 Å². The van der Waals surface area contributed by atoms with Gasteiger partial charge in [0.1, 0.15) is 5.75 Å². The number of Topliss-reactive ketones (excluding diaryl/α,β-unsaturated/α-hetero) is 1. The smallest absolute Gasteiger partial charge is 0.258 e. The minimum Gasteiger partial charge on any atom is -0.483 e. The summed E-state index contributed by atoms with van der Waals surface area (Å²) in [5.41, 5.74) is 1.34. The fraction of sp³-hybridized carbons (Fsp3) is 0.143. The standard InChI is InChI=1S/C21H18ClNO3S/c1-14(24)17-12-16(22)9-10-18(17)26-13-20(25)23-21(19-8-5-11-27-19)15-6-3-2-4-7-15/h2-12,21H,13H2,1H3,(H,23,25)/t21-/m0/s1. The lowest BCUT2D eigenvalue weighted by Gasteiger charge is -2.18. The first-order chi connectivity index (χ1) is 13.0. The first kappa shape index (κ1) is 19.1. The summed E-state index contributed by atoms with van der Waals surface area (Å²) in [6.07, 6.45) is 0. The van der Waals surface area contributed by atoms with Crippen LogP contribution in [0.25, 0.3) is 0 Å². The summed E-state index contributed by atoms with van der Waals surface area (Å²) in [6.45, 7) is 1.23. The van der Waals surface area contributed by atoms with Gasteiger partial charge < -0.3 is 10.1 Å². The molecule has 3 rings (SSSR count). The first-order valence-corrected chi connectivity index (χ1v) is 9.61. The quantitative estimate of drug-likeness (QED) is 0.575. The second-order valence-corrected chi connectivity index (χ2v) is 7.33. The molecule has 0 saturated carbocycles. The lowest BCUT2D eigenvalue weighted by Crippen LogP contribution is -2.33. The van der Waals surface area contributed by atoms with Gasteiger partial charge in [0.2, 0.25) is 0 Å². The Kier molecular flexibility index (Phi) is 6.27. The van der Waals surface area contributed by atoms with E-state index in [-0.39, 0.29) is 24.3 Å².